The number of pyridine rings is 1. The minimum atomic E-state index is -0.920. The van der Waals surface area contributed by atoms with Gasteiger partial charge in [-0.15, -0.1) is 0 Å². The predicted octanol–water partition coefficient (Wildman–Crippen LogP) is 3.05. The Hall–Kier alpha value is -2.67. The third-order valence-corrected chi connectivity index (χ3v) is 2.95. The molecule has 0 saturated carbocycles. The molecule has 0 spiro atoms. The van der Waals surface area contributed by atoms with Crippen LogP contribution in [0, 0.1) is 10.1 Å². The highest BCUT2D eigenvalue weighted by molar-refractivity contribution is 6.29. The first kappa shape index (κ1) is 15.7. The van der Waals surface area contributed by atoms with E-state index in [4.69, 9.17) is 16.3 Å². The van der Waals surface area contributed by atoms with Crippen LogP contribution in [0.5, 0.6) is 5.75 Å². The van der Waals surface area contributed by atoms with Crippen molar-refractivity contribution in [3.05, 3.63) is 57.9 Å². The molecule has 114 valence electrons. The summed E-state index contributed by atoms with van der Waals surface area (Å²) >= 11 is 5.65. The number of nitro groups is 1. The molecule has 8 heteroatoms. The normalized spacial score (nSPS) is 11.5. The number of hydrogen-bond acceptors (Lipinski definition) is 5. The summed E-state index contributed by atoms with van der Waals surface area (Å²) in [6.45, 7) is 1.50. The first-order valence-corrected chi connectivity index (χ1v) is 6.67. The van der Waals surface area contributed by atoms with E-state index in [-0.39, 0.29) is 11.4 Å². The molecule has 1 unspecified atom stereocenters. The summed E-state index contributed by atoms with van der Waals surface area (Å²) in [5.41, 5.74) is 0.253. The maximum atomic E-state index is 12.0. The number of aromatic nitrogens is 1. The Bertz CT molecular complexity index is 691. The van der Waals surface area contributed by atoms with Crippen molar-refractivity contribution in [1.29, 1.82) is 0 Å². The van der Waals surface area contributed by atoms with Crippen LogP contribution in [0.3, 0.4) is 0 Å². The molecule has 0 fully saturated rings. The van der Waals surface area contributed by atoms with Crippen LogP contribution in [0.2, 0.25) is 5.15 Å². The van der Waals surface area contributed by atoms with Crippen molar-refractivity contribution in [3.63, 3.8) is 0 Å². The summed E-state index contributed by atoms with van der Waals surface area (Å²) in [5.74, 6) is -0.424. The molecule has 7 nitrogen and oxygen atoms in total. The summed E-state index contributed by atoms with van der Waals surface area (Å²) in [7, 11) is 0. The summed E-state index contributed by atoms with van der Waals surface area (Å²) < 4.78 is 5.36. The van der Waals surface area contributed by atoms with Crippen LogP contribution in [0.25, 0.3) is 0 Å². The fourth-order valence-electron chi connectivity index (χ4n) is 1.65. The van der Waals surface area contributed by atoms with Gasteiger partial charge in [0.1, 0.15) is 5.15 Å². The molecule has 1 aromatic carbocycles. The highest BCUT2D eigenvalue weighted by atomic mass is 35.5. The maximum Gasteiger partial charge on any atom is 0.310 e. The highest BCUT2D eigenvalue weighted by Crippen LogP contribution is 2.27. The van der Waals surface area contributed by atoms with Gasteiger partial charge in [0.05, 0.1) is 16.8 Å². The van der Waals surface area contributed by atoms with Gasteiger partial charge in [-0.2, -0.15) is 0 Å². The Morgan fingerprint density at radius 2 is 2.09 bits per heavy atom. The molecule has 0 aliphatic carbocycles. The second kappa shape index (κ2) is 6.86. The molecule has 2 rings (SSSR count). The third-order valence-electron chi connectivity index (χ3n) is 2.73. The van der Waals surface area contributed by atoms with Crippen LogP contribution in [-0.4, -0.2) is 21.9 Å². The number of carbonyl (C=O) groups is 1. The number of nitro benzene ring substituents is 1. The molecule has 0 aliphatic rings. The molecule has 1 aromatic heterocycles. The van der Waals surface area contributed by atoms with E-state index in [2.05, 4.69) is 10.3 Å². The summed E-state index contributed by atoms with van der Waals surface area (Å²) in [4.78, 5) is 26.2. The average molecular weight is 322 g/mol. The zero-order valence-corrected chi connectivity index (χ0v) is 12.3. The number of para-hydroxylation sites is 2. The molecule has 0 saturated heterocycles. The average Bonchev–Trinajstić information content (AvgIpc) is 2.49. The lowest BCUT2D eigenvalue weighted by atomic mass is 10.3. The Kier molecular flexibility index (Phi) is 4.90. The summed E-state index contributed by atoms with van der Waals surface area (Å²) in [5, 5.41) is 13.8. The van der Waals surface area contributed by atoms with Crippen LogP contribution in [0.1, 0.15) is 6.92 Å². The number of amides is 1. The number of anilines is 1. The number of hydrogen-bond donors (Lipinski definition) is 1. The van der Waals surface area contributed by atoms with E-state index >= 15 is 0 Å². The molecule has 1 amide bonds. The van der Waals surface area contributed by atoms with E-state index in [1.165, 1.54) is 37.4 Å². The van der Waals surface area contributed by atoms with E-state index in [1.807, 2.05) is 0 Å². The molecule has 0 aliphatic heterocycles. The van der Waals surface area contributed by atoms with Crippen LogP contribution in [-0.2, 0) is 4.79 Å². The van der Waals surface area contributed by atoms with Crippen LogP contribution >= 0.6 is 11.6 Å². The van der Waals surface area contributed by atoms with Gasteiger partial charge in [-0.1, -0.05) is 23.7 Å². The Morgan fingerprint density at radius 3 is 2.73 bits per heavy atom. The van der Waals surface area contributed by atoms with Gasteiger partial charge in [0, 0.05) is 6.07 Å². The fourth-order valence-corrected chi connectivity index (χ4v) is 1.76. The second-order valence-electron chi connectivity index (χ2n) is 4.34. The van der Waals surface area contributed by atoms with Crippen molar-refractivity contribution in [2.45, 2.75) is 13.0 Å². The molecule has 0 radical (unpaired) electrons. The van der Waals surface area contributed by atoms with E-state index in [0.29, 0.717) is 10.8 Å². The van der Waals surface area contributed by atoms with Gasteiger partial charge in [0.15, 0.2) is 11.9 Å². The van der Waals surface area contributed by atoms with Crippen molar-refractivity contribution >= 4 is 28.9 Å². The van der Waals surface area contributed by atoms with E-state index in [1.54, 1.807) is 12.1 Å². The Balaban J connectivity index is 2.05. The number of nitrogens with one attached hydrogen (secondary N) is 1. The minimum absolute atomic E-state index is 0.0318. The molecule has 0 bridgehead atoms. The number of halogens is 1. The van der Waals surface area contributed by atoms with Gasteiger partial charge >= 0.3 is 5.69 Å². The van der Waals surface area contributed by atoms with Gasteiger partial charge in [-0.25, -0.2) is 4.98 Å². The molecule has 1 N–H and O–H groups in total. The van der Waals surface area contributed by atoms with Crippen LogP contribution in [0.4, 0.5) is 11.4 Å². The Morgan fingerprint density at radius 1 is 1.36 bits per heavy atom. The van der Waals surface area contributed by atoms with Crippen molar-refractivity contribution in [2.75, 3.05) is 5.32 Å². The van der Waals surface area contributed by atoms with Gasteiger partial charge < -0.3 is 10.1 Å². The SMILES string of the molecule is CC(Oc1ccccc1[N+](=O)[O-])C(=O)Nc1ccc(Cl)nc1. The second-order valence-corrected chi connectivity index (χ2v) is 4.73. The molecule has 1 atom stereocenters. The van der Waals surface area contributed by atoms with Crippen LogP contribution in [0.15, 0.2) is 42.6 Å². The van der Waals surface area contributed by atoms with E-state index in [9.17, 15) is 14.9 Å². The number of ether oxygens (including phenoxy) is 1. The number of carbonyl (C=O) groups excluding carboxylic acids is 1. The monoisotopic (exact) mass is 321 g/mol. The van der Waals surface area contributed by atoms with Crippen molar-refractivity contribution < 1.29 is 14.5 Å². The summed E-state index contributed by atoms with van der Waals surface area (Å²) in [6.07, 6.45) is 0.481. The predicted molar refractivity (Wildman–Crippen MR) is 81.1 cm³/mol. The lowest BCUT2D eigenvalue weighted by Crippen LogP contribution is -2.30. The van der Waals surface area contributed by atoms with Gasteiger partial charge in [0.2, 0.25) is 0 Å². The number of rotatable bonds is 5. The topological polar surface area (TPSA) is 94.4 Å². The van der Waals surface area contributed by atoms with E-state index in [0.717, 1.165) is 0 Å². The smallest absolute Gasteiger partial charge is 0.310 e. The zero-order valence-electron chi connectivity index (χ0n) is 11.5. The standard InChI is InChI=1S/C14H12ClN3O4/c1-9(14(19)17-10-6-7-13(15)16-8-10)22-12-5-3-2-4-11(12)18(20)21/h2-9H,1H3,(H,17,19). The molecule has 2 aromatic rings. The minimum Gasteiger partial charge on any atom is -0.474 e. The van der Waals surface area contributed by atoms with E-state index < -0.39 is 16.9 Å². The largest absolute Gasteiger partial charge is 0.474 e. The highest BCUT2D eigenvalue weighted by Gasteiger charge is 2.20. The first-order chi connectivity index (χ1) is 10.5. The van der Waals surface area contributed by atoms with Crippen molar-refractivity contribution in [3.8, 4) is 5.75 Å². The molecular weight excluding hydrogens is 310 g/mol. The first-order valence-electron chi connectivity index (χ1n) is 6.30. The maximum absolute atomic E-state index is 12.0. The fraction of sp³-hybridized carbons (Fsp3) is 0.143. The number of benzene rings is 1. The lowest BCUT2D eigenvalue weighted by molar-refractivity contribution is -0.386. The quantitative estimate of drug-likeness (QED) is 0.519. The molecule has 22 heavy (non-hydrogen) atoms. The molecular formula is C14H12ClN3O4. The van der Waals surface area contributed by atoms with Gasteiger partial charge in [-0.3, -0.25) is 14.9 Å². The zero-order chi connectivity index (χ0) is 16.1. The molecule has 1 heterocycles. The Labute approximate surface area is 131 Å². The van der Waals surface area contributed by atoms with Crippen LogP contribution < -0.4 is 10.1 Å². The lowest BCUT2D eigenvalue weighted by Gasteiger charge is -2.14. The summed E-state index contributed by atoms with van der Waals surface area (Å²) in [6, 6.07) is 8.98. The van der Waals surface area contributed by atoms with Crippen molar-refractivity contribution in [1.82, 2.24) is 4.98 Å². The van der Waals surface area contributed by atoms with Gasteiger partial charge in [-0.05, 0) is 25.1 Å². The van der Waals surface area contributed by atoms with Gasteiger partial charge in [0.25, 0.3) is 5.91 Å². The van der Waals surface area contributed by atoms with Crippen molar-refractivity contribution in [2.24, 2.45) is 0 Å². The third kappa shape index (κ3) is 3.92. The number of nitrogens with zero attached hydrogens (tertiary/aromatic N) is 2.